The maximum atomic E-state index is 13.1. The molecule has 0 saturated carbocycles. The van der Waals surface area contributed by atoms with Gasteiger partial charge in [-0.2, -0.15) is 0 Å². The Labute approximate surface area is 144 Å². The average molecular weight is 345 g/mol. The van der Waals surface area contributed by atoms with Gasteiger partial charge in [0.15, 0.2) is 0 Å². The van der Waals surface area contributed by atoms with Crippen molar-refractivity contribution in [3.8, 4) is 10.4 Å². The topological polar surface area (TPSA) is 49.0 Å². The molecule has 4 nitrogen and oxygen atoms in total. The van der Waals surface area contributed by atoms with Crippen LogP contribution in [0.1, 0.15) is 26.7 Å². The van der Waals surface area contributed by atoms with Crippen molar-refractivity contribution in [3.63, 3.8) is 0 Å². The maximum absolute atomic E-state index is 13.1. The highest BCUT2D eigenvalue weighted by Crippen LogP contribution is 2.31. The molecule has 0 bridgehead atoms. The normalized spacial score (nSPS) is 11.1. The molecule has 1 aromatic carbocycles. The first-order valence-corrected chi connectivity index (χ1v) is 8.98. The Morgan fingerprint density at radius 3 is 2.46 bits per heavy atom. The zero-order valence-corrected chi connectivity index (χ0v) is 14.6. The molecule has 0 aliphatic rings. The Bertz CT molecular complexity index is 879. The molecule has 0 saturated heterocycles. The lowest BCUT2D eigenvalue weighted by atomic mass is 10.2. The molecule has 3 aromatic rings. The van der Waals surface area contributed by atoms with Crippen LogP contribution in [0.25, 0.3) is 20.7 Å². The zero-order chi connectivity index (χ0) is 17.1. The summed E-state index contributed by atoms with van der Waals surface area (Å²) in [7, 11) is 0. The predicted octanol–water partition coefficient (Wildman–Crippen LogP) is 4.42. The van der Waals surface area contributed by atoms with Crippen LogP contribution < -0.4 is 10.5 Å². The number of hydrogen-bond acceptors (Lipinski definition) is 4. The fraction of sp³-hybridized carbons (Fsp3) is 0.333. The number of nitrogens with zero attached hydrogens (tertiary/aromatic N) is 2. The summed E-state index contributed by atoms with van der Waals surface area (Å²) in [5, 5.41) is 0. The summed E-state index contributed by atoms with van der Waals surface area (Å²) in [6.07, 6.45) is 1.98. The minimum absolute atomic E-state index is 0.120. The molecule has 6 heteroatoms. The van der Waals surface area contributed by atoms with Gasteiger partial charge in [-0.1, -0.05) is 26.0 Å². The minimum atomic E-state index is -0.270. The van der Waals surface area contributed by atoms with E-state index in [0.717, 1.165) is 36.4 Å². The number of nitrogens with one attached hydrogen (secondary N) is 1. The lowest BCUT2D eigenvalue weighted by Gasteiger charge is -2.21. The number of fused-ring (bicyclic) bond motifs is 1. The molecule has 2 heterocycles. The van der Waals surface area contributed by atoms with E-state index in [1.54, 1.807) is 12.1 Å². The first-order valence-electron chi connectivity index (χ1n) is 8.17. The summed E-state index contributed by atoms with van der Waals surface area (Å²) >= 11 is 1.38. The van der Waals surface area contributed by atoms with Gasteiger partial charge in [0.2, 0.25) is 5.95 Å². The summed E-state index contributed by atoms with van der Waals surface area (Å²) < 4.78 is 13.7. The summed E-state index contributed by atoms with van der Waals surface area (Å²) in [6, 6.07) is 8.19. The van der Waals surface area contributed by atoms with E-state index in [1.165, 1.54) is 23.5 Å². The van der Waals surface area contributed by atoms with Crippen molar-refractivity contribution >= 4 is 27.5 Å². The number of aromatic nitrogens is 2. The van der Waals surface area contributed by atoms with E-state index in [0.29, 0.717) is 16.2 Å². The molecule has 0 aliphatic heterocycles. The van der Waals surface area contributed by atoms with E-state index in [-0.39, 0.29) is 11.4 Å². The second-order valence-electron chi connectivity index (χ2n) is 5.71. The minimum Gasteiger partial charge on any atom is -0.342 e. The lowest BCUT2D eigenvalue weighted by Crippen LogP contribution is -2.28. The Morgan fingerprint density at radius 1 is 1.17 bits per heavy atom. The second kappa shape index (κ2) is 7.13. The van der Waals surface area contributed by atoms with Crippen molar-refractivity contribution in [3.05, 3.63) is 46.5 Å². The van der Waals surface area contributed by atoms with Gasteiger partial charge in [0, 0.05) is 18.0 Å². The fourth-order valence-corrected chi connectivity index (χ4v) is 3.69. The van der Waals surface area contributed by atoms with E-state index >= 15 is 0 Å². The van der Waals surface area contributed by atoms with Crippen LogP contribution in [-0.2, 0) is 0 Å². The molecule has 0 unspecified atom stereocenters. The van der Waals surface area contributed by atoms with E-state index in [2.05, 4.69) is 28.7 Å². The van der Waals surface area contributed by atoms with Crippen molar-refractivity contribution < 1.29 is 4.39 Å². The Kier molecular flexibility index (Phi) is 4.94. The molecule has 0 aliphatic carbocycles. The highest BCUT2D eigenvalue weighted by atomic mass is 32.1. The summed E-state index contributed by atoms with van der Waals surface area (Å²) in [4.78, 5) is 23.0. The highest BCUT2D eigenvalue weighted by Gasteiger charge is 2.13. The summed E-state index contributed by atoms with van der Waals surface area (Å²) in [5.41, 5.74) is 1.46. The van der Waals surface area contributed by atoms with Crippen LogP contribution in [0.4, 0.5) is 10.3 Å². The fourth-order valence-electron chi connectivity index (χ4n) is 2.70. The third-order valence-corrected chi connectivity index (χ3v) is 4.96. The number of thiophene rings is 1. The van der Waals surface area contributed by atoms with Crippen LogP contribution in [0.2, 0.25) is 0 Å². The molecule has 0 amide bonds. The van der Waals surface area contributed by atoms with Gasteiger partial charge < -0.3 is 4.90 Å². The standard InChI is InChI=1S/C18H20FN3OS/c1-3-9-22(10-4-2)18-20-14-11-15(24-16(14)17(23)21-18)12-5-7-13(19)8-6-12/h5-8,11H,3-4,9-10H2,1-2H3,(H,20,21,23). The molecule has 24 heavy (non-hydrogen) atoms. The van der Waals surface area contributed by atoms with E-state index in [9.17, 15) is 9.18 Å². The third kappa shape index (κ3) is 3.33. The van der Waals surface area contributed by atoms with Crippen molar-refractivity contribution in [1.82, 2.24) is 9.97 Å². The van der Waals surface area contributed by atoms with Gasteiger partial charge >= 0.3 is 0 Å². The van der Waals surface area contributed by atoms with Crippen LogP contribution in [-0.4, -0.2) is 23.1 Å². The number of H-pyrrole nitrogens is 1. The van der Waals surface area contributed by atoms with E-state index < -0.39 is 0 Å². The molecule has 3 rings (SSSR count). The van der Waals surface area contributed by atoms with Crippen LogP contribution in [0.15, 0.2) is 35.1 Å². The number of rotatable bonds is 6. The number of benzene rings is 1. The van der Waals surface area contributed by atoms with Crippen LogP contribution in [0.3, 0.4) is 0 Å². The molecule has 0 fully saturated rings. The van der Waals surface area contributed by atoms with Gasteiger partial charge in [-0.25, -0.2) is 9.37 Å². The molecule has 1 N–H and O–H groups in total. The van der Waals surface area contributed by atoms with Crippen LogP contribution in [0.5, 0.6) is 0 Å². The number of anilines is 1. The Morgan fingerprint density at radius 2 is 1.83 bits per heavy atom. The van der Waals surface area contributed by atoms with Crippen molar-refractivity contribution in [2.45, 2.75) is 26.7 Å². The van der Waals surface area contributed by atoms with Crippen molar-refractivity contribution in [2.24, 2.45) is 0 Å². The average Bonchev–Trinajstić information content (AvgIpc) is 3.00. The monoisotopic (exact) mass is 345 g/mol. The second-order valence-corrected chi connectivity index (χ2v) is 6.76. The molecule has 0 radical (unpaired) electrons. The maximum Gasteiger partial charge on any atom is 0.270 e. The van der Waals surface area contributed by atoms with Gasteiger partial charge in [-0.3, -0.25) is 9.78 Å². The van der Waals surface area contributed by atoms with Crippen molar-refractivity contribution in [1.29, 1.82) is 0 Å². The SMILES string of the molecule is CCCN(CCC)c1nc2cc(-c3ccc(F)cc3)sc2c(=O)[nH]1. The largest absolute Gasteiger partial charge is 0.342 e. The van der Waals surface area contributed by atoms with Gasteiger partial charge in [-0.15, -0.1) is 11.3 Å². The van der Waals surface area contributed by atoms with Crippen molar-refractivity contribution in [2.75, 3.05) is 18.0 Å². The quantitative estimate of drug-likeness (QED) is 0.719. The van der Waals surface area contributed by atoms with Gasteiger partial charge in [0.05, 0.1) is 5.52 Å². The Hall–Kier alpha value is -2.21. The summed E-state index contributed by atoms with van der Waals surface area (Å²) in [6.45, 7) is 5.93. The van der Waals surface area contributed by atoms with Gasteiger partial charge in [0.25, 0.3) is 5.56 Å². The third-order valence-electron chi connectivity index (χ3n) is 3.79. The molecular weight excluding hydrogens is 325 g/mol. The number of aromatic amines is 1. The molecule has 0 spiro atoms. The van der Waals surface area contributed by atoms with Gasteiger partial charge in [-0.05, 0) is 36.6 Å². The predicted molar refractivity (Wildman–Crippen MR) is 98.4 cm³/mol. The molecular formula is C18H20FN3OS. The summed E-state index contributed by atoms with van der Waals surface area (Å²) in [5.74, 6) is 0.354. The zero-order valence-electron chi connectivity index (χ0n) is 13.8. The molecule has 126 valence electrons. The van der Waals surface area contributed by atoms with E-state index in [4.69, 9.17) is 0 Å². The molecule has 0 atom stereocenters. The number of hydrogen-bond donors (Lipinski definition) is 1. The van der Waals surface area contributed by atoms with Crippen LogP contribution in [0, 0.1) is 5.82 Å². The lowest BCUT2D eigenvalue weighted by molar-refractivity contribution is 0.628. The highest BCUT2D eigenvalue weighted by molar-refractivity contribution is 7.22. The smallest absolute Gasteiger partial charge is 0.270 e. The first kappa shape index (κ1) is 16.6. The van der Waals surface area contributed by atoms with Crippen LogP contribution >= 0.6 is 11.3 Å². The Balaban J connectivity index is 2.04. The molecule has 2 aromatic heterocycles. The van der Waals surface area contributed by atoms with E-state index in [1.807, 2.05) is 6.07 Å². The first-order chi connectivity index (χ1) is 11.6. The number of halogens is 1. The van der Waals surface area contributed by atoms with Gasteiger partial charge in [0.1, 0.15) is 10.5 Å².